The molecule has 1 aromatic carbocycles. The van der Waals surface area contributed by atoms with Crippen molar-refractivity contribution in [1.29, 1.82) is 0 Å². The number of fused-ring (bicyclic) bond motifs is 1. The van der Waals surface area contributed by atoms with E-state index in [0.717, 1.165) is 64.2 Å². The summed E-state index contributed by atoms with van der Waals surface area (Å²) in [4.78, 5) is 23.4. The summed E-state index contributed by atoms with van der Waals surface area (Å²) in [5, 5.41) is 5.50. The fourth-order valence-electron chi connectivity index (χ4n) is 5.03. The average Bonchev–Trinajstić information content (AvgIpc) is 3.34. The molecule has 5 heterocycles. The Morgan fingerprint density at radius 2 is 1.89 bits per heavy atom. The lowest BCUT2D eigenvalue weighted by Crippen LogP contribution is -2.18. The quantitative estimate of drug-likeness (QED) is 0.324. The summed E-state index contributed by atoms with van der Waals surface area (Å²) in [6, 6.07) is 8.42. The summed E-state index contributed by atoms with van der Waals surface area (Å²) in [6.07, 6.45) is 10.3. The van der Waals surface area contributed by atoms with Gasteiger partial charge in [0.2, 0.25) is 5.88 Å². The van der Waals surface area contributed by atoms with Crippen molar-refractivity contribution in [3.05, 3.63) is 66.1 Å². The minimum absolute atomic E-state index is 0.0254. The number of rotatable bonds is 7. The van der Waals surface area contributed by atoms with Crippen LogP contribution < -0.4 is 4.74 Å². The molecule has 1 saturated carbocycles. The Hall–Kier alpha value is -4.18. The van der Waals surface area contributed by atoms with E-state index in [-0.39, 0.29) is 6.10 Å². The molecule has 10 heteroatoms. The van der Waals surface area contributed by atoms with Gasteiger partial charge in [0.15, 0.2) is 11.5 Å². The Morgan fingerprint density at radius 3 is 2.63 bits per heavy atom. The molecule has 0 bridgehead atoms. The minimum Gasteiger partial charge on any atom is -0.471 e. The highest BCUT2D eigenvalue weighted by Gasteiger charge is 2.32. The summed E-state index contributed by atoms with van der Waals surface area (Å²) in [5.74, 6) is 2.44. The number of aromatic nitrogens is 8. The first kappa shape index (κ1) is 23.0. The van der Waals surface area contributed by atoms with Crippen molar-refractivity contribution in [1.82, 2.24) is 39.3 Å². The lowest BCUT2D eigenvalue weighted by Gasteiger charge is -2.16. The Morgan fingerprint density at radius 1 is 1.03 bits per heavy atom. The van der Waals surface area contributed by atoms with Gasteiger partial charge in [0.1, 0.15) is 23.8 Å². The van der Waals surface area contributed by atoms with Crippen molar-refractivity contribution in [2.75, 3.05) is 13.2 Å². The van der Waals surface area contributed by atoms with Crippen LogP contribution in [0.2, 0.25) is 0 Å². The van der Waals surface area contributed by atoms with E-state index in [2.05, 4.69) is 44.3 Å². The van der Waals surface area contributed by atoms with Crippen molar-refractivity contribution in [3.8, 4) is 28.7 Å². The first-order valence-electron chi connectivity index (χ1n) is 13.0. The summed E-state index contributed by atoms with van der Waals surface area (Å²) < 4.78 is 15.7. The van der Waals surface area contributed by atoms with E-state index in [1.807, 2.05) is 35.6 Å². The van der Waals surface area contributed by atoms with E-state index in [9.17, 15) is 0 Å². The molecule has 7 rings (SSSR count). The van der Waals surface area contributed by atoms with Gasteiger partial charge in [0, 0.05) is 37.3 Å². The van der Waals surface area contributed by atoms with E-state index in [0.29, 0.717) is 37.4 Å². The lowest BCUT2D eigenvalue weighted by molar-refractivity contribution is 0.138. The molecule has 1 saturated heterocycles. The van der Waals surface area contributed by atoms with Gasteiger partial charge in [-0.1, -0.05) is 24.3 Å². The van der Waals surface area contributed by atoms with Crippen LogP contribution in [0.3, 0.4) is 0 Å². The van der Waals surface area contributed by atoms with Crippen molar-refractivity contribution in [2.24, 2.45) is 7.05 Å². The monoisotopic (exact) mass is 508 g/mol. The van der Waals surface area contributed by atoms with E-state index in [4.69, 9.17) is 19.4 Å². The largest absolute Gasteiger partial charge is 0.471 e. The average molecular weight is 509 g/mol. The zero-order valence-electron chi connectivity index (χ0n) is 21.4. The van der Waals surface area contributed by atoms with E-state index >= 15 is 0 Å². The van der Waals surface area contributed by atoms with Crippen LogP contribution in [-0.2, 0) is 18.3 Å². The molecule has 2 fully saturated rings. The molecule has 0 radical (unpaired) electrons. The fourth-order valence-corrected chi connectivity index (χ4v) is 5.03. The highest BCUT2D eigenvalue weighted by Crippen LogP contribution is 2.45. The number of hydrogen-bond acceptors (Lipinski definition) is 8. The van der Waals surface area contributed by atoms with Crippen LogP contribution in [0.25, 0.3) is 33.8 Å². The minimum atomic E-state index is -0.0254. The molecule has 1 unspecified atom stereocenters. The van der Waals surface area contributed by atoms with Gasteiger partial charge in [-0.3, -0.25) is 0 Å². The zero-order valence-corrected chi connectivity index (χ0v) is 21.4. The maximum Gasteiger partial charge on any atom is 0.228 e. The third kappa shape index (κ3) is 4.30. The first-order chi connectivity index (χ1) is 18.6. The molecule has 4 aromatic heterocycles. The van der Waals surface area contributed by atoms with Gasteiger partial charge in [0.25, 0.3) is 0 Å². The Bertz CT molecular complexity index is 1610. The maximum atomic E-state index is 6.27. The van der Waals surface area contributed by atoms with E-state index in [1.165, 1.54) is 0 Å². The fraction of sp³-hybridized carbons (Fsp3) is 0.357. The van der Waals surface area contributed by atoms with E-state index in [1.54, 1.807) is 12.5 Å². The van der Waals surface area contributed by atoms with Gasteiger partial charge < -0.3 is 14.0 Å². The first-order valence-corrected chi connectivity index (χ1v) is 13.0. The molecule has 2 aliphatic rings. The van der Waals surface area contributed by atoms with Gasteiger partial charge in [-0.2, -0.15) is 5.10 Å². The molecule has 10 nitrogen and oxygen atoms in total. The summed E-state index contributed by atoms with van der Waals surface area (Å²) in [6.45, 7) is 3.85. The number of imidazole rings is 1. The van der Waals surface area contributed by atoms with Crippen LogP contribution in [0.4, 0.5) is 0 Å². The standard InChI is InChI=1S/C28H28N8O2/c1-17-13-35(2)26(33-17)20-5-3-18(4-6-20)14-36-27-21(12-32-36)11-29-25(34-27)23-24(19-7-8-19)30-16-31-28(23)38-22-9-10-37-15-22/h3-6,11-13,16,19,22H,7-10,14-15H2,1-2H3. The molecular weight excluding hydrogens is 480 g/mol. The maximum absolute atomic E-state index is 6.27. The molecule has 1 aliphatic carbocycles. The van der Waals surface area contributed by atoms with Crippen LogP contribution in [0, 0.1) is 6.92 Å². The molecule has 0 N–H and O–H groups in total. The summed E-state index contributed by atoms with van der Waals surface area (Å²) in [7, 11) is 2.01. The summed E-state index contributed by atoms with van der Waals surface area (Å²) >= 11 is 0. The van der Waals surface area contributed by atoms with Crippen molar-refractivity contribution < 1.29 is 9.47 Å². The predicted molar refractivity (Wildman–Crippen MR) is 141 cm³/mol. The van der Waals surface area contributed by atoms with Crippen LogP contribution in [0.15, 0.2) is 49.2 Å². The number of nitrogens with zero attached hydrogens (tertiary/aromatic N) is 8. The van der Waals surface area contributed by atoms with Crippen molar-refractivity contribution in [3.63, 3.8) is 0 Å². The van der Waals surface area contributed by atoms with Gasteiger partial charge in [-0.25, -0.2) is 29.6 Å². The Balaban J connectivity index is 1.22. The topological polar surface area (TPSA) is 106 Å². The third-order valence-electron chi connectivity index (χ3n) is 7.11. The number of ether oxygens (including phenoxy) is 2. The Kier molecular flexibility index (Phi) is 5.61. The predicted octanol–water partition coefficient (Wildman–Crippen LogP) is 4.09. The normalized spacial score (nSPS) is 17.4. The molecule has 0 spiro atoms. The SMILES string of the molecule is Cc1cn(C)c(-c2ccc(Cn3ncc4cnc(-c5c(OC6CCOC6)ncnc5C5CC5)nc43)cc2)n1. The van der Waals surface area contributed by atoms with Crippen LogP contribution in [-0.4, -0.2) is 58.6 Å². The highest BCUT2D eigenvalue weighted by molar-refractivity contribution is 5.77. The smallest absolute Gasteiger partial charge is 0.228 e. The molecule has 0 amide bonds. The second-order valence-corrected chi connectivity index (χ2v) is 10.1. The second-order valence-electron chi connectivity index (χ2n) is 10.1. The van der Waals surface area contributed by atoms with Gasteiger partial charge in [-0.05, 0) is 25.3 Å². The summed E-state index contributed by atoms with van der Waals surface area (Å²) in [5.41, 5.74) is 5.71. The molecule has 1 atom stereocenters. The molecular formula is C28H28N8O2. The number of hydrogen-bond donors (Lipinski definition) is 0. The van der Waals surface area contributed by atoms with Crippen LogP contribution >= 0.6 is 0 Å². The van der Waals surface area contributed by atoms with Crippen molar-refractivity contribution in [2.45, 2.75) is 44.8 Å². The molecule has 5 aromatic rings. The number of benzene rings is 1. The second kappa shape index (κ2) is 9.29. The highest BCUT2D eigenvalue weighted by atomic mass is 16.5. The molecule has 38 heavy (non-hydrogen) atoms. The van der Waals surface area contributed by atoms with Gasteiger partial charge in [0.05, 0.1) is 42.7 Å². The molecule has 1 aliphatic heterocycles. The third-order valence-corrected chi connectivity index (χ3v) is 7.11. The lowest BCUT2D eigenvalue weighted by atomic mass is 10.1. The van der Waals surface area contributed by atoms with Crippen molar-refractivity contribution >= 4 is 11.0 Å². The van der Waals surface area contributed by atoms with Crippen LogP contribution in [0.1, 0.15) is 42.1 Å². The number of aryl methyl sites for hydroxylation is 2. The van der Waals surface area contributed by atoms with Gasteiger partial charge >= 0.3 is 0 Å². The van der Waals surface area contributed by atoms with Crippen LogP contribution in [0.5, 0.6) is 5.88 Å². The van der Waals surface area contributed by atoms with E-state index < -0.39 is 0 Å². The zero-order chi connectivity index (χ0) is 25.6. The Labute approximate surface area is 219 Å². The molecule has 192 valence electrons. The van der Waals surface area contributed by atoms with Gasteiger partial charge in [-0.15, -0.1) is 0 Å².